The summed E-state index contributed by atoms with van der Waals surface area (Å²) in [5, 5.41) is 0. The molecule has 0 aliphatic heterocycles. The zero-order chi connectivity index (χ0) is 14.6. The van der Waals surface area contributed by atoms with Crippen LogP contribution in [0.15, 0.2) is 30.3 Å². The first kappa shape index (κ1) is 15.6. The van der Waals surface area contributed by atoms with Gasteiger partial charge in [-0.1, -0.05) is 50.6 Å². The monoisotopic (exact) mass is 274 g/mol. The third-order valence-corrected chi connectivity index (χ3v) is 5.10. The zero-order valence-corrected chi connectivity index (χ0v) is 13.6. The minimum atomic E-state index is -0.171. The SMILES string of the molecule is CCC(C)C1CCC(OC(C)(C)c2ccccc2)CC1. The molecule has 112 valence electrons. The quantitative estimate of drug-likeness (QED) is 0.684. The van der Waals surface area contributed by atoms with Gasteiger partial charge in [0, 0.05) is 0 Å². The molecule has 0 saturated heterocycles. The first-order valence-electron chi connectivity index (χ1n) is 8.26. The van der Waals surface area contributed by atoms with Crippen molar-refractivity contribution < 1.29 is 4.74 Å². The van der Waals surface area contributed by atoms with Gasteiger partial charge in [0.15, 0.2) is 0 Å². The Morgan fingerprint density at radius 1 is 1.10 bits per heavy atom. The smallest absolute Gasteiger partial charge is 0.0879 e. The average Bonchev–Trinajstić information content (AvgIpc) is 2.48. The van der Waals surface area contributed by atoms with E-state index >= 15 is 0 Å². The van der Waals surface area contributed by atoms with E-state index in [2.05, 4.69) is 58.0 Å². The molecular weight excluding hydrogens is 244 g/mol. The van der Waals surface area contributed by atoms with Crippen molar-refractivity contribution in [2.75, 3.05) is 0 Å². The third kappa shape index (κ3) is 3.85. The minimum absolute atomic E-state index is 0.171. The van der Waals surface area contributed by atoms with E-state index in [-0.39, 0.29) is 5.60 Å². The highest BCUT2D eigenvalue weighted by Gasteiger charge is 2.30. The van der Waals surface area contributed by atoms with Crippen LogP contribution in [0.25, 0.3) is 0 Å². The molecule has 1 saturated carbocycles. The molecule has 1 aliphatic rings. The van der Waals surface area contributed by atoms with Crippen LogP contribution in [0.4, 0.5) is 0 Å². The van der Waals surface area contributed by atoms with Gasteiger partial charge in [0.2, 0.25) is 0 Å². The molecule has 0 aromatic heterocycles. The van der Waals surface area contributed by atoms with Gasteiger partial charge >= 0.3 is 0 Å². The van der Waals surface area contributed by atoms with Crippen LogP contribution in [0.3, 0.4) is 0 Å². The number of hydrogen-bond acceptors (Lipinski definition) is 1. The molecule has 1 nitrogen and oxygen atoms in total. The number of rotatable bonds is 5. The van der Waals surface area contributed by atoms with E-state index in [0.717, 1.165) is 11.8 Å². The van der Waals surface area contributed by atoms with Gasteiger partial charge in [-0.2, -0.15) is 0 Å². The van der Waals surface area contributed by atoms with Crippen molar-refractivity contribution in [3.63, 3.8) is 0 Å². The summed E-state index contributed by atoms with van der Waals surface area (Å²) in [5.41, 5.74) is 1.11. The Bertz CT molecular complexity index is 387. The highest BCUT2D eigenvalue weighted by atomic mass is 16.5. The standard InChI is InChI=1S/C19H30O/c1-5-15(2)16-11-13-18(14-12-16)20-19(3,4)17-9-7-6-8-10-17/h6-10,15-16,18H,5,11-14H2,1-4H3. The predicted molar refractivity (Wildman–Crippen MR) is 85.8 cm³/mol. The van der Waals surface area contributed by atoms with Crippen LogP contribution in [0.1, 0.15) is 65.4 Å². The Balaban J connectivity index is 1.89. The fraction of sp³-hybridized carbons (Fsp3) is 0.684. The van der Waals surface area contributed by atoms with Gasteiger partial charge in [-0.3, -0.25) is 0 Å². The highest BCUT2D eigenvalue weighted by molar-refractivity contribution is 5.20. The molecule has 0 heterocycles. The Morgan fingerprint density at radius 3 is 2.25 bits per heavy atom. The third-order valence-electron chi connectivity index (χ3n) is 5.10. The predicted octanol–water partition coefficient (Wildman–Crippen LogP) is 5.54. The maximum absolute atomic E-state index is 6.43. The Kier molecular flexibility index (Phi) is 5.26. The van der Waals surface area contributed by atoms with E-state index in [4.69, 9.17) is 4.74 Å². The van der Waals surface area contributed by atoms with Crippen molar-refractivity contribution in [3.8, 4) is 0 Å². The van der Waals surface area contributed by atoms with Gasteiger partial charge in [-0.05, 0) is 56.9 Å². The largest absolute Gasteiger partial charge is 0.368 e. The number of benzene rings is 1. The van der Waals surface area contributed by atoms with Gasteiger partial charge in [0.1, 0.15) is 0 Å². The van der Waals surface area contributed by atoms with Crippen molar-refractivity contribution >= 4 is 0 Å². The molecule has 2 rings (SSSR count). The van der Waals surface area contributed by atoms with Crippen LogP contribution >= 0.6 is 0 Å². The molecule has 0 bridgehead atoms. The van der Waals surface area contributed by atoms with Gasteiger partial charge in [0.05, 0.1) is 11.7 Å². The van der Waals surface area contributed by atoms with Gasteiger partial charge < -0.3 is 4.74 Å². The molecule has 1 fully saturated rings. The van der Waals surface area contributed by atoms with E-state index in [1.807, 2.05) is 0 Å². The summed E-state index contributed by atoms with van der Waals surface area (Å²) in [4.78, 5) is 0. The van der Waals surface area contributed by atoms with E-state index in [0.29, 0.717) is 6.10 Å². The normalized spacial score (nSPS) is 25.4. The van der Waals surface area contributed by atoms with Gasteiger partial charge in [-0.25, -0.2) is 0 Å². The number of ether oxygens (including phenoxy) is 1. The molecule has 0 spiro atoms. The van der Waals surface area contributed by atoms with Crippen molar-refractivity contribution in [1.29, 1.82) is 0 Å². The summed E-state index contributed by atoms with van der Waals surface area (Å²) in [7, 11) is 0. The van der Waals surface area contributed by atoms with Gasteiger partial charge in [-0.15, -0.1) is 0 Å². The molecule has 0 radical (unpaired) electrons. The van der Waals surface area contributed by atoms with E-state index < -0.39 is 0 Å². The summed E-state index contributed by atoms with van der Waals surface area (Å²) in [5.74, 6) is 1.79. The summed E-state index contributed by atoms with van der Waals surface area (Å²) in [6.45, 7) is 9.11. The van der Waals surface area contributed by atoms with E-state index in [1.165, 1.54) is 37.7 Å². The lowest BCUT2D eigenvalue weighted by Crippen LogP contribution is -2.32. The lowest BCUT2D eigenvalue weighted by molar-refractivity contribution is -0.0955. The Labute approximate surface area is 124 Å². The van der Waals surface area contributed by atoms with Crippen LogP contribution in [0, 0.1) is 11.8 Å². The van der Waals surface area contributed by atoms with E-state index in [9.17, 15) is 0 Å². The molecule has 1 aliphatic carbocycles. The van der Waals surface area contributed by atoms with Crippen molar-refractivity contribution in [1.82, 2.24) is 0 Å². The topological polar surface area (TPSA) is 9.23 Å². The molecule has 1 aromatic carbocycles. The van der Waals surface area contributed by atoms with Gasteiger partial charge in [0.25, 0.3) is 0 Å². The van der Waals surface area contributed by atoms with E-state index in [1.54, 1.807) is 0 Å². The van der Waals surface area contributed by atoms with Crippen LogP contribution < -0.4 is 0 Å². The first-order valence-corrected chi connectivity index (χ1v) is 8.26. The summed E-state index contributed by atoms with van der Waals surface area (Å²) < 4.78 is 6.43. The molecule has 0 amide bonds. The van der Waals surface area contributed by atoms with Crippen molar-refractivity contribution in [2.24, 2.45) is 11.8 Å². The molecule has 0 N–H and O–H groups in total. The fourth-order valence-corrected chi connectivity index (χ4v) is 3.43. The summed E-state index contributed by atoms with van der Waals surface area (Å²) in [6.07, 6.45) is 6.88. The van der Waals surface area contributed by atoms with Crippen LogP contribution in [0.5, 0.6) is 0 Å². The molecular formula is C19H30O. The zero-order valence-electron chi connectivity index (χ0n) is 13.6. The van der Waals surface area contributed by atoms with Crippen molar-refractivity contribution in [3.05, 3.63) is 35.9 Å². The lowest BCUT2D eigenvalue weighted by atomic mass is 9.78. The first-order chi connectivity index (χ1) is 9.53. The molecule has 1 atom stereocenters. The second kappa shape index (κ2) is 6.76. The highest BCUT2D eigenvalue weighted by Crippen LogP contribution is 2.36. The summed E-state index contributed by atoms with van der Waals surface area (Å²) >= 11 is 0. The molecule has 1 unspecified atom stereocenters. The van der Waals surface area contributed by atoms with Crippen LogP contribution in [0.2, 0.25) is 0 Å². The second-order valence-corrected chi connectivity index (χ2v) is 6.92. The second-order valence-electron chi connectivity index (χ2n) is 6.92. The minimum Gasteiger partial charge on any atom is -0.368 e. The maximum Gasteiger partial charge on any atom is 0.0879 e. The lowest BCUT2D eigenvalue weighted by Gasteiger charge is -2.37. The maximum atomic E-state index is 6.43. The summed E-state index contributed by atoms with van der Waals surface area (Å²) in [6, 6.07) is 10.6. The molecule has 20 heavy (non-hydrogen) atoms. The Hall–Kier alpha value is -0.820. The van der Waals surface area contributed by atoms with Crippen LogP contribution in [-0.4, -0.2) is 6.10 Å². The molecule has 1 heteroatoms. The fourth-order valence-electron chi connectivity index (χ4n) is 3.43. The van der Waals surface area contributed by atoms with Crippen molar-refractivity contribution in [2.45, 2.75) is 71.5 Å². The number of hydrogen-bond donors (Lipinski definition) is 0. The average molecular weight is 274 g/mol. The van der Waals surface area contributed by atoms with Crippen LogP contribution in [-0.2, 0) is 10.3 Å². The Morgan fingerprint density at radius 2 is 1.70 bits per heavy atom. The molecule has 1 aromatic rings.